The number of amides is 1. The number of halogens is 1. The van der Waals surface area contributed by atoms with Crippen molar-refractivity contribution in [1.29, 1.82) is 0 Å². The third-order valence-corrected chi connectivity index (χ3v) is 3.32. The average molecular weight is 284 g/mol. The fraction of sp³-hybridized carbons (Fsp3) is 0. The molecule has 0 heterocycles. The molecule has 0 fully saturated rings. The Labute approximate surface area is 120 Å². The first-order valence-corrected chi connectivity index (χ1v) is 6.45. The van der Waals surface area contributed by atoms with Crippen molar-refractivity contribution in [3.05, 3.63) is 75.9 Å². The summed E-state index contributed by atoms with van der Waals surface area (Å²) >= 11 is 5.88. The number of carbonyl (C=O) groups is 2. The summed E-state index contributed by atoms with van der Waals surface area (Å²) in [5.41, 5.74) is 2.06. The second-order valence-electron chi connectivity index (χ2n) is 4.44. The van der Waals surface area contributed by atoms with Gasteiger partial charge >= 0.3 is 0 Å². The molecule has 20 heavy (non-hydrogen) atoms. The number of hydrogen-bond acceptors (Lipinski definition) is 2. The van der Waals surface area contributed by atoms with E-state index >= 15 is 0 Å². The van der Waals surface area contributed by atoms with Crippen LogP contribution < -0.4 is 5.32 Å². The van der Waals surface area contributed by atoms with Gasteiger partial charge < -0.3 is 5.32 Å². The SMILES string of the molecule is O=C(NC1=Cc2ccc(Cl)cc2C1=O)c1ccccc1. The molecule has 0 spiro atoms. The Morgan fingerprint density at radius 2 is 1.80 bits per heavy atom. The van der Waals surface area contributed by atoms with E-state index in [1.807, 2.05) is 6.07 Å². The molecule has 3 nitrogen and oxygen atoms in total. The van der Waals surface area contributed by atoms with E-state index in [1.54, 1.807) is 48.5 Å². The van der Waals surface area contributed by atoms with E-state index in [0.29, 0.717) is 16.1 Å². The van der Waals surface area contributed by atoms with Crippen molar-refractivity contribution in [1.82, 2.24) is 5.32 Å². The third-order valence-electron chi connectivity index (χ3n) is 3.09. The fourth-order valence-corrected chi connectivity index (χ4v) is 2.27. The fourth-order valence-electron chi connectivity index (χ4n) is 2.09. The highest BCUT2D eigenvalue weighted by molar-refractivity contribution is 6.31. The minimum Gasteiger partial charge on any atom is -0.319 e. The maximum Gasteiger partial charge on any atom is 0.255 e. The van der Waals surface area contributed by atoms with Gasteiger partial charge in [0.15, 0.2) is 0 Å². The van der Waals surface area contributed by atoms with Gasteiger partial charge in [0, 0.05) is 16.1 Å². The predicted molar refractivity (Wildman–Crippen MR) is 77.7 cm³/mol. The molecule has 2 aromatic carbocycles. The van der Waals surface area contributed by atoms with Crippen molar-refractivity contribution < 1.29 is 9.59 Å². The van der Waals surface area contributed by atoms with Gasteiger partial charge in [0.25, 0.3) is 5.91 Å². The molecule has 1 aliphatic carbocycles. The van der Waals surface area contributed by atoms with Gasteiger partial charge in [-0.3, -0.25) is 9.59 Å². The van der Waals surface area contributed by atoms with Crippen molar-refractivity contribution in [2.24, 2.45) is 0 Å². The average Bonchev–Trinajstić information content (AvgIpc) is 2.76. The van der Waals surface area contributed by atoms with Gasteiger partial charge in [0.1, 0.15) is 0 Å². The van der Waals surface area contributed by atoms with Crippen LogP contribution in [0.2, 0.25) is 5.02 Å². The van der Waals surface area contributed by atoms with Crippen molar-refractivity contribution in [3.8, 4) is 0 Å². The highest BCUT2D eigenvalue weighted by Crippen LogP contribution is 2.26. The van der Waals surface area contributed by atoms with Crippen LogP contribution in [-0.2, 0) is 0 Å². The monoisotopic (exact) mass is 283 g/mol. The van der Waals surface area contributed by atoms with Crippen LogP contribution in [0.15, 0.2) is 54.2 Å². The number of fused-ring (bicyclic) bond motifs is 1. The number of benzene rings is 2. The molecule has 3 rings (SSSR count). The Morgan fingerprint density at radius 1 is 1.05 bits per heavy atom. The lowest BCUT2D eigenvalue weighted by Gasteiger charge is -2.04. The standard InChI is InChI=1S/C16H10ClNO2/c17-12-7-6-11-8-14(15(19)13(11)9-12)18-16(20)10-4-2-1-3-5-10/h1-9H,(H,18,19,20). The van der Waals surface area contributed by atoms with Crippen LogP contribution >= 0.6 is 11.6 Å². The largest absolute Gasteiger partial charge is 0.319 e. The molecule has 2 aromatic rings. The third kappa shape index (κ3) is 2.24. The summed E-state index contributed by atoms with van der Waals surface area (Å²) in [6, 6.07) is 13.8. The van der Waals surface area contributed by atoms with E-state index in [1.165, 1.54) is 0 Å². The van der Waals surface area contributed by atoms with Crippen molar-refractivity contribution in [2.45, 2.75) is 0 Å². The lowest BCUT2D eigenvalue weighted by atomic mass is 10.1. The molecule has 0 unspecified atom stereocenters. The topological polar surface area (TPSA) is 46.2 Å². The molecule has 98 valence electrons. The number of allylic oxidation sites excluding steroid dienone is 1. The van der Waals surface area contributed by atoms with Crippen LogP contribution in [0.4, 0.5) is 0 Å². The molecule has 1 aliphatic rings. The maximum atomic E-state index is 12.2. The molecule has 0 atom stereocenters. The number of carbonyl (C=O) groups excluding carboxylic acids is 2. The predicted octanol–water partition coefficient (Wildman–Crippen LogP) is 3.31. The minimum atomic E-state index is -0.302. The molecule has 0 bridgehead atoms. The zero-order chi connectivity index (χ0) is 14.1. The lowest BCUT2D eigenvalue weighted by Crippen LogP contribution is -2.25. The van der Waals surface area contributed by atoms with Gasteiger partial charge in [-0.2, -0.15) is 0 Å². The van der Waals surface area contributed by atoms with Crippen LogP contribution in [0.1, 0.15) is 26.3 Å². The summed E-state index contributed by atoms with van der Waals surface area (Å²) in [4.78, 5) is 24.2. The summed E-state index contributed by atoms with van der Waals surface area (Å²) in [7, 11) is 0. The quantitative estimate of drug-likeness (QED) is 0.919. The Hall–Kier alpha value is -2.39. The first kappa shape index (κ1) is 12.6. The highest BCUT2D eigenvalue weighted by atomic mass is 35.5. The van der Waals surface area contributed by atoms with E-state index in [-0.39, 0.29) is 17.4 Å². The number of nitrogens with one attached hydrogen (secondary N) is 1. The van der Waals surface area contributed by atoms with Gasteiger partial charge in [-0.25, -0.2) is 0 Å². The van der Waals surface area contributed by atoms with E-state index in [4.69, 9.17) is 11.6 Å². The summed E-state index contributed by atoms with van der Waals surface area (Å²) in [6.07, 6.45) is 1.66. The molecule has 0 aromatic heterocycles. The Balaban J connectivity index is 1.84. The number of ketones is 1. The van der Waals surface area contributed by atoms with Gasteiger partial charge in [-0.15, -0.1) is 0 Å². The molecular weight excluding hydrogens is 274 g/mol. The molecule has 0 aliphatic heterocycles. The van der Waals surface area contributed by atoms with Crippen molar-refractivity contribution >= 4 is 29.4 Å². The molecular formula is C16H10ClNO2. The van der Waals surface area contributed by atoms with E-state index in [9.17, 15) is 9.59 Å². The van der Waals surface area contributed by atoms with E-state index in [0.717, 1.165) is 5.56 Å². The van der Waals surface area contributed by atoms with E-state index < -0.39 is 0 Å². The Bertz CT molecular complexity index is 735. The second kappa shape index (κ2) is 4.94. The first-order valence-electron chi connectivity index (χ1n) is 6.07. The summed E-state index contributed by atoms with van der Waals surface area (Å²) in [6.45, 7) is 0. The van der Waals surface area contributed by atoms with Crippen LogP contribution in [0.5, 0.6) is 0 Å². The molecule has 0 saturated carbocycles. The molecule has 0 saturated heterocycles. The highest BCUT2D eigenvalue weighted by Gasteiger charge is 2.24. The zero-order valence-electron chi connectivity index (χ0n) is 10.4. The molecule has 1 N–H and O–H groups in total. The lowest BCUT2D eigenvalue weighted by molar-refractivity contribution is 0.0936. The van der Waals surface area contributed by atoms with Gasteiger partial charge in [0.2, 0.25) is 5.78 Å². The van der Waals surface area contributed by atoms with E-state index in [2.05, 4.69) is 5.32 Å². The van der Waals surface area contributed by atoms with Crippen LogP contribution in [-0.4, -0.2) is 11.7 Å². The molecule has 0 radical (unpaired) electrons. The number of hydrogen-bond donors (Lipinski definition) is 1. The second-order valence-corrected chi connectivity index (χ2v) is 4.88. The Kier molecular flexibility index (Phi) is 3.12. The Morgan fingerprint density at radius 3 is 2.55 bits per heavy atom. The summed E-state index contributed by atoms with van der Waals surface area (Å²) in [5, 5.41) is 3.14. The first-order chi connectivity index (χ1) is 9.65. The van der Waals surface area contributed by atoms with Gasteiger partial charge in [-0.1, -0.05) is 35.9 Å². The van der Waals surface area contributed by atoms with Crippen molar-refractivity contribution in [3.63, 3.8) is 0 Å². The van der Waals surface area contributed by atoms with Gasteiger partial charge in [0.05, 0.1) is 5.70 Å². The number of rotatable bonds is 2. The smallest absolute Gasteiger partial charge is 0.255 e. The van der Waals surface area contributed by atoms with Gasteiger partial charge in [-0.05, 0) is 35.9 Å². The summed E-state index contributed by atoms with van der Waals surface area (Å²) in [5.74, 6) is -0.518. The summed E-state index contributed by atoms with van der Waals surface area (Å²) < 4.78 is 0. The zero-order valence-corrected chi connectivity index (χ0v) is 11.1. The van der Waals surface area contributed by atoms with Crippen LogP contribution in [0, 0.1) is 0 Å². The maximum absolute atomic E-state index is 12.2. The van der Waals surface area contributed by atoms with Crippen LogP contribution in [0.25, 0.3) is 6.08 Å². The normalized spacial score (nSPS) is 12.8. The molecule has 4 heteroatoms. The van der Waals surface area contributed by atoms with Crippen molar-refractivity contribution in [2.75, 3.05) is 0 Å². The number of Topliss-reactive ketones (excluding diaryl/α,β-unsaturated/α-hetero) is 1. The van der Waals surface area contributed by atoms with Crippen LogP contribution in [0.3, 0.4) is 0 Å². The molecule has 1 amide bonds. The minimum absolute atomic E-state index is 0.216.